The van der Waals surface area contributed by atoms with Gasteiger partial charge in [-0.25, -0.2) is 0 Å². The Morgan fingerprint density at radius 2 is 2.00 bits per heavy atom. The first-order valence-electron chi connectivity index (χ1n) is 6.61. The van der Waals surface area contributed by atoms with Crippen LogP contribution in [0.5, 0.6) is 0 Å². The van der Waals surface area contributed by atoms with Gasteiger partial charge in [0.1, 0.15) is 0 Å². The molecule has 104 valence electrons. The summed E-state index contributed by atoms with van der Waals surface area (Å²) in [6.45, 7) is -0.255. The molecule has 1 aromatic carbocycles. The number of benzene rings is 1. The maximum absolute atomic E-state index is 11.6. The first-order chi connectivity index (χ1) is 9.69. The van der Waals surface area contributed by atoms with E-state index in [9.17, 15) is 9.59 Å². The molecule has 0 saturated heterocycles. The van der Waals surface area contributed by atoms with Gasteiger partial charge < -0.3 is 10.1 Å². The van der Waals surface area contributed by atoms with E-state index in [1.807, 2.05) is 0 Å². The first kappa shape index (κ1) is 14.1. The van der Waals surface area contributed by atoms with Crippen LogP contribution in [0.4, 0.5) is 5.69 Å². The number of hydrogen-bond donors (Lipinski definition) is 1. The van der Waals surface area contributed by atoms with Crippen LogP contribution >= 0.6 is 0 Å². The van der Waals surface area contributed by atoms with Crippen molar-refractivity contribution in [1.82, 2.24) is 0 Å². The molecule has 1 fully saturated rings. The van der Waals surface area contributed by atoms with Gasteiger partial charge in [-0.2, -0.15) is 5.26 Å². The van der Waals surface area contributed by atoms with E-state index in [-0.39, 0.29) is 24.4 Å². The minimum Gasteiger partial charge on any atom is -0.455 e. The fourth-order valence-corrected chi connectivity index (χ4v) is 1.89. The number of esters is 1. The third-order valence-corrected chi connectivity index (χ3v) is 3.30. The van der Waals surface area contributed by atoms with Crippen LogP contribution < -0.4 is 5.32 Å². The van der Waals surface area contributed by atoms with Gasteiger partial charge in [-0.15, -0.1) is 0 Å². The van der Waals surface area contributed by atoms with Crippen LogP contribution in [-0.4, -0.2) is 18.5 Å². The van der Waals surface area contributed by atoms with Crippen molar-refractivity contribution in [3.05, 3.63) is 29.8 Å². The Kier molecular flexibility index (Phi) is 4.72. The minimum absolute atomic E-state index is 0.0203. The fraction of sp³-hybridized carbons (Fsp3) is 0.400. The Bertz CT molecular complexity index is 527. The van der Waals surface area contributed by atoms with Gasteiger partial charge in [-0.05, 0) is 30.5 Å². The average Bonchev–Trinajstić information content (AvgIpc) is 2.37. The van der Waals surface area contributed by atoms with E-state index in [1.54, 1.807) is 24.3 Å². The lowest BCUT2D eigenvalue weighted by atomic mass is 9.86. The number of hydrogen-bond acceptors (Lipinski definition) is 4. The summed E-state index contributed by atoms with van der Waals surface area (Å²) in [5.74, 6) is -0.658. The molecule has 0 radical (unpaired) electrons. The Morgan fingerprint density at radius 1 is 1.30 bits per heavy atom. The molecular weight excluding hydrogens is 256 g/mol. The summed E-state index contributed by atoms with van der Waals surface area (Å²) in [5.41, 5.74) is 1.51. The van der Waals surface area contributed by atoms with Crippen molar-refractivity contribution in [2.75, 3.05) is 11.9 Å². The number of nitriles is 1. The summed E-state index contributed by atoms with van der Waals surface area (Å²) in [7, 11) is 0. The van der Waals surface area contributed by atoms with Crippen molar-refractivity contribution >= 4 is 17.6 Å². The molecule has 1 N–H and O–H groups in total. The topological polar surface area (TPSA) is 79.2 Å². The predicted octanol–water partition coefficient (Wildman–Crippen LogP) is 2.03. The third kappa shape index (κ3) is 3.82. The molecule has 1 saturated carbocycles. The van der Waals surface area contributed by atoms with Crippen LogP contribution in [0.25, 0.3) is 0 Å². The average molecular weight is 272 g/mol. The zero-order valence-corrected chi connectivity index (χ0v) is 11.1. The quantitative estimate of drug-likeness (QED) is 0.832. The fourth-order valence-electron chi connectivity index (χ4n) is 1.89. The number of amides is 1. The van der Waals surface area contributed by atoms with Gasteiger partial charge in [-0.1, -0.05) is 18.6 Å². The summed E-state index contributed by atoms with van der Waals surface area (Å²) in [6.07, 6.45) is 3.12. The van der Waals surface area contributed by atoms with Crippen LogP contribution in [0, 0.1) is 17.2 Å². The maximum atomic E-state index is 11.6. The molecule has 1 amide bonds. The van der Waals surface area contributed by atoms with Gasteiger partial charge in [0.05, 0.1) is 18.4 Å². The highest BCUT2D eigenvalue weighted by atomic mass is 16.5. The minimum atomic E-state index is -0.356. The number of anilines is 1. The van der Waals surface area contributed by atoms with Crippen molar-refractivity contribution in [1.29, 1.82) is 5.26 Å². The molecular formula is C15H16N2O3. The van der Waals surface area contributed by atoms with Crippen molar-refractivity contribution in [3.8, 4) is 6.07 Å². The molecule has 0 aliphatic heterocycles. The Hall–Kier alpha value is -2.35. The van der Waals surface area contributed by atoms with Crippen molar-refractivity contribution < 1.29 is 14.3 Å². The summed E-state index contributed by atoms with van der Waals surface area (Å²) >= 11 is 0. The van der Waals surface area contributed by atoms with E-state index < -0.39 is 0 Å². The number of nitrogens with one attached hydrogen (secondary N) is 1. The zero-order chi connectivity index (χ0) is 14.4. The Morgan fingerprint density at radius 3 is 2.55 bits per heavy atom. The molecule has 1 aromatic rings. The molecule has 0 heterocycles. The summed E-state index contributed by atoms with van der Waals surface area (Å²) in [5, 5.41) is 11.2. The van der Waals surface area contributed by atoms with E-state index in [2.05, 4.69) is 11.4 Å². The van der Waals surface area contributed by atoms with Crippen molar-refractivity contribution in [2.45, 2.75) is 25.7 Å². The van der Waals surface area contributed by atoms with Gasteiger partial charge >= 0.3 is 5.97 Å². The van der Waals surface area contributed by atoms with Gasteiger partial charge in [0.2, 0.25) is 0 Å². The standard InChI is InChI=1S/C15H16N2O3/c16-9-8-11-4-6-13(7-5-11)17-14(18)10-20-15(19)12-2-1-3-12/h4-7,12H,1-3,8,10H2,(H,17,18). The first-order valence-corrected chi connectivity index (χ1v) is 6.61. The molecule has 0 unspecified atom stereocenters. The molecule has 0 aromatic heterocycles. The summed E-state index contributed by atoms with van der Waals surface area (Å²) < 4.78 is 4.95. The van der Waals surface area contributed by atoms with Gasteiger partial charge in [0, 0.05) is 5.69 Å². The Labute approximate surface area is 117 Å². The lowest BCUT2D eigenvalue weighted by Gasteiger charge is -2.22. The zero-order valence-electron chi connectivity index (χ0n) is 11.1. The number of nitrogens with zero attached hydrogens (tertiary/aromatic N) is 1. The van der Waals surface area contributed by atoms with E-state index in [4.69, 9.17) is 10.00 Å². The number of rotatable bonds is 5. The molecule has 2 rings (SSSR count). The lowest BCUT2D eigenvalue weighted by molar-refractivity contribution is -0.154. The van der Waals surface area contributed by atoms with Crippen LogP contribution in [0.3, 0.4) is 0 Å². The highest BCUT2D eigenvalue weighted by Crippen LogP contribution is 2.27. The molecule has 5 heteroatoms. The monoisotopic (exact) mass is 272 g/mol. The van der Waals surface area contributed by atoms with Crippen LogP contribution in [0.15, 0.2) is 24.3 Å². The van der Waals surface area contributed by atoms with Crippen molar-refractivity contribution in [3.63, 3.8) is 0 Å². The van der Waals surface area contributed by atoms with Crippen LogP contribution in [-0.2, 0) is 20.7 Å². The van der Waals surface area contributed by atoms with Crippen molar-refractivity contribution in [2.24, 2.45) is 5.92 Å². The molecule has 1 aliphatic rings. The SMILES string of the molecule is N#CCc1ccc(NC(=O)COC(=O)C2CCC2)cc1. The predicted molar refractivity (Wildman–Crippen MR) is 72.7 cm³/mol. The highest BCUT2D eigenvalue weighted by molar-refractivity contribution is 5.92. The highest BCUT2D eigenvalue weighted by Gasteiger charge is 2.27. The molecule has 0 spiro atoms. The maximum Gasteiger partial charge on any atom is 0.309 e. The molecule has 5 nitrogen and oxygen atoms in total. The van der Waals surface area contributed by atoms with Crippen LogP contribution in [0.1, 0.15) is 24.8 Å². The smallest absolute Gasteiger partial charge is 0.309 e. The number of carbonyl (C=O) groups is 2. The molecule has 1 aliphatic carbocycles. The van der Waals surface area contributed by atoms with E-state index >= 15 is 0 Å². The van der Waals surface area contributed by atoms with Gasteiger partial charge in [0.15, 0.2) is 6.61 Å². The summed E-state index contributed by atoms with van der Waals surface area (Å²) in [4.78, 5) is 23.1. The van der Waals surface area contributed by atoms with Crippen LogP contribution in [0.2, 0.25) is 0 Å². The van der Waals surface area contributed by atoms with E-state index in [0.29, 0.717) is 12.1 Å². The molecule has 0 bridgehead atoms. The van der Waals surface area contributed by atoms with Gasteiger partial charge in [-0.3, -0.25) is 9.59 Å². The number of carbonyl (C=O) groups excluding carboxylic acids is 2. The lowest BCUT2D eigenvalue weighted by Crippen LogP contribution is -2.28. The van der Waals surface area contributed by atoms with E-state index in [0.717, 1.165) is 24.8 Å². The van der Waals surface area contributed by atoms with Gasteiger partial charge in [0.25, 0.3) is 5.91 Å². The molecule has 0 atom stereocenters. The number of ether oxygens (including phenoxy) is 1. The molecule has 20 heavy (non-hydrogen) atoms. The summed E-state index contributed by atoms with van der Waals surface area (Å²) in [6, 6.07) is 9.05. The largest absolute Gasteiger partial charge is 0.455 e. The second-order valence-electron chi connectivity index (χ2n) is 4.82. The third-order valence-electron chi connectivity index (χ3n) is 3.30. The second-order valence-corrected chi connectivity index (χ2v) is 4.82. The Balaban J connectivity index is 1.76. The van der Waals surface area contributed by atoms with E-state index in [1.165, 1.54) is 0 Å². The second kappa shape index (κ2) is 6.71. The normalized spacial score (nSPS) is 13.9.